The standard InChI is InChI=1S/C15H17BrN2O2S/c1-2-11-21(19,20)18-13-9-7-12(8-10-13)17-15-6-4-3-5-14(15)16/h3-10,17-18H,2,11H2,1H3. The van der Waals surface area contributed by atoms with Crippen LogP contribution in [0.1, 0.15) is 13.3 Å². The molecule has 0 radical (unpaired) electrons. The SMILES string of the molecule is CCCS(=O)(=O)Nc1ccc(Nc2ccccc2Br)cc1. The van der Waals surface area contributed by atoms with Crippen molar-refractivity contribution in [2.24, 2.45) is 0 Å². The number of halogens is 1. The number of sulfonamides is 1. The predicted molar refractivity (Wildman–Crippen MR) is 91.6 cm³/mol. The molecule has 0 saturated carbocycles. The van der Waals surface area contributed by atoms with Gasteiger partial charge in [0.1, 0.15) is 0 Å². The molecule has 112 valence electrons. The van der Waals surface area contributed by atoms with Gasteiger partial charge in [0.05, 0.1) is 11.4 Å². The first-order valence-corrected chi connectivity index (χ1v) is 9.07. The molecule has 2 N–H and O–H groups in total. The topological polar surface area (TPSA) is 58.2 Å². The van der Waals surface area contributed by atoms with Crippen LogP contribution in [-0.2, 0) is 10.0 Å². The molecule has 4 nitrogen and oxygen atoms in total. The first-order chi connectivity index (χ1) is 10.00. The van der Waals surface area contributed by atoms with E-state index in [1.807, 2.05) is 43.3 Å². The maximum absolute atomic E-state index is 11.7. The second kappa shape index (κ2) is 6.95. The van der Waals surface area contributed by atoms with E-state index in [-0.39, 0.29) is 5.75 Å². The third-order valence-electron chi connectivity index (χ3n) is 2.78. The molecule has 2 aromatic rings. The van der Waals surface area contributed by atoms with Gasteiger partial charge in [-0.2, -0.15) is 0 Å². The van der Waals surface area contributed by atoms with Crippen LogP contribution in [0.25, 0.3) is 0 Å². The number of anilines is 3. The lowest BCUT2D eigenvalue weighted by molar-refractivity contribution is 0.600. The van der Waals surface area contributed by atoms with Crippen molar-refractivity contribution in [2.45, 2.75) is 13.3 Å². The Labute approximate surface area is 133 Å². The monoisotopic (exact) mass is 368 g/mol. The van der Waals surface area contributed by atoms with Crippen LogP contribution in [0.3, 0.4) is 0 Å². The van der Waals surface area contributed by atoms with E-state index in [2.05, 4.69) is 26.0 Å². The second-order valence-corrected chi connectivity index (χ2v) is 7.30. The lowest BCUT2D eigenvalue weighted by Gasteiger charge is -2.10. The fraction of sp³-hybridized carbons (Fsp3) is 0.200. The Morgan fingerprint density at radius 2 is 1.62 bits per heavy atom. The number of para-hydroxylation sites is 1. The van der Waals surface area contributed by atoms with E-state index in [4.69, 9.17) is 0 Å². The third-order valence-corrected chi connectivity index (χ3v) is 4.97. The Morgan fingerprint density at radius 3 is 2.24 bits per heavy atom. The summed E-state index contributed by atoms with van der Waals surface area (Å²) in [6.07, 6.45) is 0.594. The van der Waals surface area contributed by atoms with Gasteiger partial charge in [-0.25, -0.2) is 8.42 Å². The normalized spacial score (nSPS) is 11.1. The molecule has 0 fully saturated rings. The van der Waals surface area contributed by atoms with Gasteiger partial charge < -0.3 is 5.32 Å². The smallest absolute Gasteiger partial charge is 0.232 e. The average molecular weight is 369 g/mol. The molecule has 0 atom stereocenters. The van der Waals surface area contributed by atoms with Gasteiger partial charge in [0.25, 0.3) is 0 Å². The Morgan fingerprint density at radius 1 is 1.00 bits per heavy atom. The lowest BCUT2D eigenvalue weighted by atomic mass is 10.2. The van der Waals surface area contributed by atoms with Crippen molar-refractivity contribution >= 4 is 43.0 Å². The second-order valence-electron chi connectivity index (χ2n) is 4.60. The Bertz CT molecular complexity index is 700. The third kappa shape index (κ3) is 4.75. The summed E-state index contributed by atoms with van der Waals surface area (Å²) < 4.78 is 26.9. The summed E-state index contributed by atoms with van der Waals surface area (Å²) in [5, 5.41) is 3.26. The molecule has 2 rings (SSSR count). The quantitative estimate of drug-likeness (QED) is 0.796. The minimum atomic E-state index is -3.24. The fourth-order valence-electron chi connectivity index (χ4n) is 1.84. The predicted octanol–water partition coefficient (Wildman–Crippen LogP) is 4.34. The Hall–Kier alpha value is -1.53. The van der Waals surface area contributed by atoms with Crippen LogP contribution < -0.4 is 10.0 Å². The van der Waals surface area contributed by atoms with Gasteiger partial charge in [-0.05, 0) is 58.7 Å². The summed E-state index contributed by atoms with van der Waals surface area (Å²) in [7, 11) is -3.24. The summed E-state index contributed by atoms with van der Waals surface area (Å²) in [6, 6.07) is 15.0. The van der Waals surface area contributed by atoms with Crippen molar-refractivity contribution in [1.82, 2.24) is 0 Å². The summed E-state index contributed by atoms with van der Waals surface area (Å²) in [4.78, 5) is 0. The summed E-state index contributed by atoms with van der Waals surface area (Å²) in [5.74, 6) is 0.129. The zero-order chi connectivity index (χ0) is 15.3. The van der Waals surface area contributed by atoms with E-state index in [9.17, 15) is 8.42 Å². The highest BCUT2D eigenvalue weighted by molar-refractivity contribution is 9.10. The molecule has 0 aliphatic heterocycles. The van der Waals surface area contributed by atoms with Gasteiger partial charge in [-0.15, -0.1) is 0 Å². The molecule has 0 unspecified atom stereocenters. The number of nitrogens with one attached hydrogen (secondary N) is 2. The van der Waals surface area contributed by atoms with Crippen molar-refractivity contribution in [3.8, 4) is 0 Å². The molecule has 0 aromatic heterocycles. The van der Waals surface area contributed by atoms with Gasteiger partial charge in [0.15, 0.2) is 0 Å². The minimum absolute atomic E-state index is 0.129. The molecule has 21 heavy (non-hydrogen) atoms. The molecular weight excluding hydrogens is 352 g/mol. The highest BCUT2D eigenvalue weighted by atomic mass is 79.9. The number of benzene rings is 2. The van der Waals surface area contributed by atoms with E-state index in [0.717, 1.165) is 15.8 Å². The number of hydrogen-bond acceptors (Lipinski definition) is 3. The molecule has 0 aliphatic carbocycles. The molecule has 2 aromatic carbocycles. The van der Waals surface area contributed by atoms with Crippen molar-refractivity contribution in [3.63, 3.8) is 0 Å². The lowest BCUT2D eigenvalue weighted by Crippen LogP contribution is -2.15. The summed E-state index contributed by atoms with van der Waals surface area (Å²) in [5.41, 5.74) is 2.42. The Kier molecular flexibility index (Phi) is 5.25. The first-order valence-electron chi connectivity index (χ1n) is 6.62. The molecule has 0 saturated heterocycles. The largest absolute Gasteiger partial charge is 0.355 e. The van der Waals surface area contributed by atoms with Crippen molar-refractivity contribution in [1.29, 1.82) is 0 Å². The van der Waals surface area contributed by atoms with Gasteiger partial charge in [0.2, 0.25) is 10.0 Å². The van der Waals surface area contributed by atoms with Crippen molar-refractivity contribution in [3.05, 3.63) is 53.0 Å². The maximum Gasteiger partial charge on any atom is 0.232 e. The fourth-order valence-corrected chi connectivity index (χ4v) is 3.36. The molecule has 6 heteroatoms. The first kappa shape index (κ1) is 15.9. The minimum Gasteiger partial charge on any atom is -0.355 e. The van der Waals surface area contributed by atoms with Crippen LogP contribution in [0.2, 0.25) is 0 Å². The van der Waals surface area contributed by atoms with Gasteiger partial charge >= 0.3 is 0 Å². The van der Waals surface area contributed by atoms with Crippen LogP contribution in [0, 0.1) is 0 Å². The van der Waals surface area contributed by atoms with E-state index < -0.39 is 10.0 Å². The van der Waals surface area contributed by atoms with Gasteiger partial charge in [-0.1, -0.05) is 19.1 Å². The van der Waals surface area contributed by atoms with Crippen LogP contribution >= 0.6 is 15.9 Å². The van der Waals surface area contributed by atoms with Crippen molar-refractivity contribution in [2.75, 3.05) is 15.8 Å². The van der Waals surface area contributed by atoms with Gasteiger partial charge in [-0.3, -0.25) is 4.72 Å². The molecule has 0 aliphatic rings. The zero-order valence-corrected chi connectivity index (χ0v) is 14.0. The number of hydrogen-bond donors (Lipinski definition) is 2. The molecule has 0 bridgehead atoms. The van der Waals surface area contributed by atoms with Crippen molar-refractivity contribution < 1.29 is 8.42 Å². The average Bonchev–Trinajstić information content (AvgIpc) is 2.43. The molecular formula is C15H17BrN2O2S. The highest BCUT2D eigenvalue weighted by Gasteiger charge is 2.08. The van der Waals surface area contributed by atoms with E-state index in [1.165, 1.54) is 0 Å². The number of rotatable bonds is 6. The molecule has 0 amide bonds. The van der Waals surface area contributed by atoms with Crippen LogP contribution in [0.4, 0.5) is 17.1 Å². The summed E-state index contributed by atoms with van der Waals surface area (Å²) >= 11 is 3.47. The van der Waals surface area contributed by atoms with E-state index >= 15 is 0 Å². The molecule has 0 heterocycles. The summed E-state index contributed by atoms with van der Waals surface area (Å²) in [6.45, 7) is 1.84. The zero-order valence-electron chi connectivity index (χ0n) is 11.6. The van der Waals surface area contributed by atoms with E-state index in [1.54, 1.807) is 12.1 Å². The van der Waals surface area contributed by atoms with Crippen LogP contribution in [0.15, 0.2) is 53.0 Å². The van der Waals surface area contributed by atoms with Gasteiger partial charge in [0, 0.05) is 15.8 Å². The highest BCUT2D eigenvalue weighted by Crippen LogP contribution is 2.26. The van der Waals surface area contributed by atoms with E-state index in [0.29, 0.717) is 12.1 Å². The van der Waals surface area contributed by atoms with Crippen LogP contribution in [0.5, 0.6) is 0 Å². The maximum atomic E-state index is 11.7. The van der Waals surface area contributed by atoms with Crippen LogP contribution in [-0.4, -0.2) is 14.2 Å². The molecule has 0 spiro atoms. The Balaban J connectivity index is 2.08.